The highest BCUT2D eigenvalue weighted by Crippen LogP contribution is 2.73. The van der Waals surface area contributed by atoms with E-state index >= 15 is 0 Å². The lowest BCUT2D eigenvalue weighted by Gasteiger charge is -2.42. The molecule has 0 aromatic heterocycles. The predicted octanol–water partition coefficient (Wildman–Crippen LogP) is 5.77. The van der Waals surface area contributed by atoms with E-state index in [1.165, 1.54) is 0 Å². The third-order valence-electron chi connectivity index (χ3n) is 5.74. The van der Waals surface area contributed by atoms with Crippen molar-refractivity contribution >= 4 is 18.2 Å². The van der Waals surface area contributed by atoms with Crippen molar-refractivity contribution in [3.63, 3.8) is 0 Å². The monoisotopic (exact) mass is 374 g/mol. The van der Waals surface area contributed by atoms with Crippen molar-refractivity contribution in [3.05, 3.63) is 102 Å². The molecule has 0 N–H and O–H groups in total. The summed E-state index contributed by atoms with van der Waals surface area (Å²) in [6.45, 7) is 1.94. The predicted molar refractivity (Wildman–Crippen MR) is 111 cm³/mol. The number of carbonyl (C=O) groups is 1. The van der Waals surface area contributed by atoms with Gasteiger partial charge in [0.1, 0.15) is 12.9 Å². The summed E-state index contributed by atoms with van der Waals surface area (Å²) >= 11 is 0. The van der Waals surface area contributed by atoms with Gasteiger partial charge in [0.15, 0.2) is 0 Å². The summed E-state index contributed by atoms with van der Waals surface area (Å²) in [6, 6.07) is 29.6. The van der Waals surface area contributed by atoms with Gasteiger partial charge in [0.2, 0.25) is 0 Å². The number of hydrogen-bond acceptors (Lipinski definition) is 2. The average Bonchev–Trinajstić information content (AvgIpc) is 2.73. The molecule has 0 saturated carbocycles. The van der Waals surface area contributed by atoms with Crippen molar-refractivity contribution in [1.82, 2.24) is 0 Å². The molecule has 1 fully saturated rings. The number of carbonyl (C=O) groups excluding carboxylic acids is 1. The van der Waals surface area contributed by atoms with E-state index in [9.17, 15) is 9.36 Å². The minimum Gasteiger partial charge on any atom is -0.317 e. The Kier molecular flexibility index (Phi) is 4.85. The van der Waals surface area contributed by atoms with Gasteiger partial charge in [0.05, 0.1) is 5.66 Å². The topological polar surface area (TPSA) is 34.1 Å². The van der Waals surface area contributed by atoms with Crippen molar-refractivity contribution in [2.24, 2.45) is 5.92 Å². The zero-order valence-corrected chi connectivity index (χ0v) is 16.3. The standard InChI is InChI=1S/C24H23O2P/c1-18-22(25)17-23(19-11-5-2-6-12-19)27(26,21-15-9-4-10-16-21)24(18)20-13-7-3-8-14-20/h2-16,18,23-24H,17H2,1H3. The molecule has 3 heteroatoms. The number of hydrogen-bond donors (Lipinski definition) is 0. The molecular formula is C24H23O2P. The van der Waals surface area contributed by atoms with E-state index in [1.54, 1.807) is 0 Å². The van der Waals surface area contributed by atoms with Gasteiger partial charge in [-0.3, -0.25) is 4.79 Å². The molecule has 4 atom stereocenters. The highest BCUT2D eigenvalue weighted by atomic mass is 31.2. The molecule has 1 heterocycles. The van der Waals surface area contributed by atoms with E-state index in [0.717, 1.165) is 16.4 Å². The maximum Gasteiger partial charge on any atom is 0.137 e. The van der Waals surface area contributed by atoms with Crippen LogP contribution in [-0.2, 0) is 9.36 Å². The molecule has 0 bridgehead atoms. The van der Waals surface area contributed by atoms with Crippen LogP contribution >= 0.6 is 7.14 Å². The van der Waals surface area contributed by atoms with E-state index in [4.69, 9.17) is 0 Å². The Morgan fingerprint density at radius 3 is 1.78 bits per heavy atom. The lowest BCUT2D eigenvalue weighted by atomic mass is 9.91. The van der Waals surface area contributed by atoms with Crippen LogP contribution in [0.15, 0.2) is 91.0 Å². The van der Waals surface area contributed by atoms with Gasteiger partial charge in [0, 0.05) is 23.3 Å². The van der Waals surface area contributed by atoms with Crippen LogP contribution in [0.1, 0.15) is 35.8 Å². The number of benzene rings is 3. The van der Waals surface area contributed by atoms with E-state index < -0.39 is 7.14 Å². The summed E-state index contributed by atoms with van der Waals surface area (Å²) in [6.07, 6.45) is 0.334. The average molecular weight is 374 g/mol. The minimum atomic E-state index is -2.94. The second-order valence-electron chi connectivity index (χ2n) is 7.29. The molecule has 1 aliphatic heterocycles. The van der Waals surface area contributed by atoms with Crippen LogP contribution in [0.4, 0.5) is 0 Å². The van der Waals surface area contributed by atoms with Crippen molar-refractivity contribution in [2.75, 3.05) is 0 Å². The van der Waals surface area contributed by atoms with Crippen molar-refractivity contribution in [2.45, 2.75) is 24.7 Å². The van der Waals surface area contributed by atoms with E-state index in [-0.39, 0.29) is 23.0 Å². The summed E-state index contributed by atoms with van der Waals surface area (Å²) in [5, 5.41) is 0.868. The molecule has 0 aliphatic carbocycles. The second kappa shape index (κ2) is 7.29. The smallest absolute Gasteiger partial charge is 0.137 e. The Hall–Kier alpha value is -2.44. The van der Waals surface area contributed by atoms with Crippen LogP contribution in [0, 0.1) is 5.92 Å². The van der Waals surface area contributed by atoms with Gasteiger partial charge in [-0.25, -0.2) is 0 Å². The molecule has 3 aromatic carbocycles. The third kappa shape index (κ3) is 3.09. The fraction of sp³-hybridized carbons (Fsp3) is 0.208. The largest absolute Gasteiger partial charge is 0.317 e. The first-order chi connectivity index (χ1) is 13.1. The van der Waals surface area contributed by atoms with Crippen LogP contribution in [0.5, 0.6) is 0 Å². The first kappa shape index (κ1) is 17.9. The summed E-state index contributed by atoms with van der Waals surface area (Å²) in [5.41, 5.74) is 1.40. The molecule has 0 radical (unpaired) electrons. The fourth-order valence-electron chi connectivity index (χ4n) is 4.39. The van der Waals surface area contributed by atoms with Crippen LogP contribution < -0.4 is 5.30 Å². The Balaban J connectivity index is 1.97. The maximum absolute atomic E-state index is 14.9. The summed E-state index contributed by atoms with van der Waals surface area (Å²) in [7, 11) is -2.94. The summed E-state index contributed by atoms with van der Waals surface area (Å²) in [5.74, 6) is -0.0708. The molecule has 4 rings (SSSR count). The molecule has 27 heavy (non-hydrogen) atoms. The van der Waals surface area contributed by atoms with E-state index in [2.05, 4.69) is 0 Å². The van der Waals surface area contributed by atoms with E-state index in [0.29, 0.717) is 6.42 Å². The van der Waals surface area contributed by atoms with Crippen molar-refractivity contribution in [1.29, 1.82) is 0 Å². The zero-order chi connectivity index (χ0) is 18.9. The van der Waals surface area contributed by atoms with Gasteiger partial charge in [-0.2, -0.15) is 0 Å². The van der Waals surface area contributed by atoms with Gasteiger partial charge in [-0.15, -0.1) is 0 Å². The van der Waals surface area contributed by atoms with Crippen molar-refractivity contribution < 1.29 is 9.36 Å². The lowest BCUT2D eigenvalue weighted by Crippen LogP contribution is -2.33. The van der Waals surface area contributed by atoms with E-state index in [1.807, 2.05) is 97.9 Å². The number of ketones is 1. The number of rotatable bonds is 3. The van der Waals surface area contributed by atoms with Crippen LogP contribution in [0.25, 0.3) is 0 Å². The van der Waals surface area contributed by atoms with Crippen LogP contribution in [-0.4, -0.2) is 5.78 Å². The molecule has 1 saturated heterocycles. The Bertz CT molecular complexity index is 967. The Morgan fingerprint density at radius 2 is 1.22 bits per heavy atom. The minimum absolute atomic E-state index is 0.195. The van der Waals surface area contributed by atoms with Crippen LogP contribution in [0.2, 0.25) is 0 Å². The molecule has 4 unspecified atom stereocenters. The molecule has 2 nitrogen and oxygen atoms in total. The molecule has 1 aliphatic rings. The molecule has 0 amide bonds. The normalized spacial score (nSPS) is 28.0. The third-order valence-corrected chi connectivity index (χ3v) is 9.82. The van der Waals surface area contributed by atoms with Gasteiger partial charge < -0.3 is 4.57 Å². The first-order valence-electron chi connectivity index (χ1n) is 9.40. The Morgan fingerprint density at radius 1 is 0.741 bits per heavy atom. The zero-order valence-electron chi connectivity index (χ0n) is 15.4. The summed E-state index contributed by atoms with van der Waals surface area (Å²) < 4.78 is 14.9. The maximum atomic E-state index is 14.9. The SMILES string of the molecule is CC1C(=O)CC(c2ccccc2)P(=O)(c2ccccc2)C1c1ccccc1. The highest BCUT2D eigenvalue weighted by Gasteiger charge is 2.52. The quantitative estimate of drug-likeness (QED) is 0.546. The molecule has 136 valence electrons. The number of Topliss-reactive ketones (excluding diaryl/α,β-unsaturated/α-hetero) is 1. The lowest BCUT2D eigenvalue weighted by molar-refractivity contribution is -0.123. The fourth-order valence-corrected chi connectivity index (χ4v) is 8.61. The summed E-state index contributed by atoms with van der Waals surface area (Å²) in [4.78, 5) is 13.0. The second-order valence-corrected chi connectivity index (χ2v) is 10.4. The van der Waals surface area contributed by atoms with Gasteiger partial charge in [-0.1, -0.05) is 97.9 Å². The highest BCUT2D eigenvalue weighted by molar-refractivity contribution is 7.72. The van der Waals surface area contributed by atoms with Crippen LogP contribution in [0.3, 0.4) is 0 Å². The molecule has 3 aromatic rings. The van der Waals surface area contributed by atoms with Gasteiger partial charge in [0.25, 0.3) is 0 Å². The van der Waals surface area contributed by atoms with Gasteiger partial charge in [-0.05, 0) is 11.1 Å². The molecular weight excluding hydrogens is 351 g/mol. The first-order valence-corrected chi connectivity index (χ1v) is 11.2. The van der Waals surface area contributed by atoms with Crippen molar-refractivity contribution in [3.8, 4) is 0 Å². The molecule has 0 spiro atoms. The van der Waals surface area contributed by atoms with Gasteiger partial charge >= 0.3 is 0 Å². The Labute approximate surface area is 160 Å².